The molecule has 7 heteroatoms. The van der Waals surface area contributed by atoms with Gasteiger partial charge < -0.3 is 14.9 Å². The van der Waals surface area contributed by atoms with E-state index < -0.39 is 6.10 Å². The molecule has 0 bridgehead atoms. The van der Waals surface area contributed by atoms with Crippen LogP contribution in [0, 0.1) is 12.8 Å². The maximum Gasteiger partial charge on any atom is 0.271 e. The van der Waals surface area contributed by atoms with Gasteiger partial charge in [-0.3, -0.25) is 9.59 Å². The van der Waals surface area contributed by atoms with E-state index in [1.807, 2.05) is 12.1 Å². The number of carbonyl (C=O) groups is 2. The van der Waals surface area contributed by atoms with Crippen LogP contribution >= 0.6 is 11.6 Å². The third kappa shape index (κ3) is 4.77. The van der Waals surface area contributed by atoms with Crippen LogP contribution in [0.2, 0.25) is 5.02 Å². The molecule has 1 aliphatic heterocycles. The molecule has 1 saturated heterocycles. The number of aryl methyl sites for hydroxylation is 1. The second-order valence-electron chi connectivity index (χ2n) is 7.66. The van der Waals surface area contributed by atoms with Crippen LogP contribution in [-0.4, -0.2) is 58.9 Å². The van der Waals surface area contributed by atoms with Crippen LogP contribution in [0.1, 0.15) is 51.0 Å². The zero-order valence-corrected chi connectivity index (χ0v) is 17.7. The largest absolute Gasteiger partial charge is 0.388 e. The second kappa shape index (κ2) is 8.93. The van der Waals surface area contributed by atoms with Crippen molar-refractivity contribution in [1.29, 1.82) is 0 Å². The smallest absolute Gasteiger partial charge is 0.271 e. The van der Waals surface area contributed by atoms with E-state index in [4.69, 9.17) is 11.6 Å². The molecular weight excluding hydrogens is 390 g/mol. The summed E-state index contributed by atoms with van der Waals surface area (Å²) in [6.07, 6.45) is 0.877. The number of hydrogen-bond donors (Lipinski definition) is 1. The highest BCUT2D eigenvalue weighted by molar-refractivity contribution is 6.30. The van der Waals surface area contributed by atoms with Gasteiger partial charge in [-0.05, 0) is 55.5 Å². The highest BCUT2D eigenvalue weighted by Crippen LogP contribution is 2.31. The van der Waals surface area contributed by atoms with E-state index in [9.17, 15) is 14.7 Å². The van der Waals surface area contributed by atoms with Crippen molar-refractivity contribution in [1.82, 2.24) is 14.8 Å². The molecule has 1 unspecified atom stereocenters. The molecule has 1 atom stereocenters. The monoisotopic (exact) mass is 415 g/mol. The Balaban J connectivity index is 1.64. The summed E-state index contributed by atoms with van der Waals surface area (Å²) in [4.78, 5) is 32.5. The molecule has 0 spiro atoms. The molecule has 154 valence electrons. The normalized spacial score (nSPS) is 15.8. The first kappa shape index (κ1) is 21.3. The van der Waals surface area contributed by atoms with E-state index in [2.05, 4.69) is 4.98 Å². The fourth-order valence-corrected chi connectivity index (χ4v) is 3.78. The third-order valence-electron chi connectivity index (χ3n) is 5.43. The van der Waals surface area contributed by atoms with Gasteiger partial charge >= 0.3 is 0 Å². The first-order valence-corrected chi connectivity index (χ1v) is 10.1. The minimum absolute atomic E-state index is 0.0849. The van der Waals surface area contributed by atoms with Crippen molar-refractivity contribution in [3.05, 3.63) is 63.9 Å². The number of hydrogen-bond acceptors (Lipinski definition) is 4. The number of halogens is 1. The van der Waals surface area contributed by atoms with E-state index in [0.717, 1.165) is 18.4 Å². The molecule has 2 amide bonds. The molecule has 1 aromatic heterocycles. The molecule has 0 radical (unpaired) electrons. The lowest BCUT2D eigenvalue weighted by Gasteiger charge is -2.34. The third-order valence-corrected chi connectivity index (χ3v) is 5.68. The zero-order valence-electron chi connectivity index (χ0n) is 16.9. The molecule has 29 heavy (non-hydrogen) atoms. The number of aliphatic hydroxyl groups is 1. The molecule has 2 aromatic rings. The molecule has 6 nitrogen and oxygen atoms in total. The summed E-state index contributed by atoms with van der Waals surface area (Å²) in [5.41, 5.74) is 2.23. The maximum atomic E-state index is 12.9. The summed E-state index contributed by atoms with van der Waals surface area (Å²) in [5.74, 6) is -0.179. The Hall–Kier alpha value is -2.44. The van der Waals surface area contributed by atoms with Crippen molar-refractivity contribution in [3.8, 4) is 0 Å². The van der Waals surface area contributed by atoms with E-state index >= 15 is 0 Å². The Morgan fingerprint density at radius 2 is 1.76 bits per heavy atom. The highest BCUT2D eigenvalue weighted by Gasteiger charge is 2.29. The average molecular weight is 416 g/mol. The number of benzene rings is 1. The second-order valence-corrected chi connectivity index (χ2v) is 8.09. The average Bonchev–Trinajstić information content (AvgIpc) is 2.72. The minimum atomic E-state index is -0.566. The van der Waals surface area contributed by atoms with Gasteiger partial charge in [-0.25, -0.2) is 4.98 Å². The molecule has 1 aliphatic rings. The van der Waals surface area contributed by atoms with Crippen LogP contribution in [0.25, 0.3) is 0 Å². The molecule has 0 saturated carbocycles. The lowest BCUT2D eigenvalue weighted by molar-refractivity contribution is 0.0461. The first-order valence-electron chi connectivity index (χ1n) is 9.70. The summed E-state index contributed by atoms with van der Waals surface area (Å²) in [6.45, 7) is 2.90. The number of rotatable bonds is 4. The van der Waals surface area contributed by atoms with Crippen molar-refractivity contribution in [3.63, 3.8) is 0 Å². The summed E-state index contributed by atoms with van der Waals surface area (Å²) in [5, 5.41) is 11.3. The standard InChI is InChI=1S/C22H26ClN3O3/c1-14-18(8-9-19(24-14)22(29)25(2)3)21(28)26-12-10-16(11-13-26)20(27)15-4-6-17(23)7-5-15/h4-9,16,20,27H,10-13H2,1-3H3. The Bertz CT molecular complexity index is 891. The highest BCUT2D eigenvalue weighted by atomic mass is 35.5. The Labute approximate surface area is 176 Å². The molecule has 1 aromatic carbocycles. The fourth-order valence-electron chi connectivity index (χ4n) is 3.66. The van der Waals surface area contributed by atoms with Gasteiger partial charge in [0.2, 0.25) is 0 Å². The van der Waals surface area contributed by atoms with Gasteiger partial charge in [-0.1, -0.05) is 23.7 Å². The van der Waals surface area contributed by atoms with Crippen LogP contribution in [0.3, 0.4) is 0 Å². The number of piperidine rings is 1. The lowest BCUT2D eigenvalue weighted by Crippen LogP contribution is -2.40. The Morgan fingerprint density at radius 3 is 2.31 bits per heavy atom. The molecule has 1 N–H and O–H groups in total. The summed E-state index contributed by atoms with van der Waals surface area (Å²) >= 11 is 5.92. The predicted molar refractivity (Wildman–Crippen MR) is 112 cm³/mol. The summed E-state index contributed by atoms with van der Waals surface area (Å²) in [7, 11) is 3.34. The van der Waals surface area contributed by atoms with Crippen molar-refractivity contribution >= 4 is 23.4 Å². The van der Waals surface area contributed by atoms with Gasteiger partial charge in [0.25, 0.3) is 11.8 Å². The quantitative estimate of drug-likeness (QED) is 0.831. The molecular formula is C22H26ClN3O3. The number of carbonyl (C=O) groups excluding carboxylic acids is 2. The van der Waals surface area contributed by atoms with Crippen LogP contribution in [-0.2, 0) is 0 Å². The fraction of sp³-hybridized carbons (Fsp3) is 0.409. The number of amides is 2. The van der Waals surface area contributed by atoms with E-state index in [1.54, 1.807) is 50.2 Å². The zero-order chi connectivity index (χ0) is 21.1. The number of likely N-dealkylation sites (tertiary alicyclic amines) is 1. The van der Waals surface area contributed by atoms with E-state index in [1.165, 1.54) is 4.90 Å². The van der Waals surface area contributed by atoms with Crippen LogP contribution in [0.15, 0.2) is 36.4 Å². The Morgan fingerprint density at radius 1 is 1.14 bits per heavy atom. The SMILES string of the molecule is Cc1nc(C(=O)N(C)C)ccc1C(=O)N1CCC(C(O)c2ccc(Cl)cc2)CC1. The van der Waals surface area contributed by atoms with Crippen LogP contribution in [0.5, 0.6) is 0 Å². The predicted octanol–water partition coefficient (Wildman–Crippen LogP) is 3.33. The van der Waals surface area contributed by atoms with Crippen LogP contribution < -0.4 is 0 Å². The van der Waals surface area contributed by atoms with Gasteiger partial charge in [0.05, 0.1) is 17.4 Å². The topological polar surface area (TPSA) is 73.7 Å². The molecule has 0 aliphatic carbocycles. The van der Waals surface area contributed by atoms with Crippen molar-refractivity contribution in [2.45, 2.75) is 25.9 Å². The van der Waals surface area contributed by atoms with Crippen LogP contribution in [0.4, 0.5) is 0 Å². The number of aliphatic hydroxyl groups excluding tert-OH is 1. The van der Waals surface area contributed by atoms with E-state index in [0.29, 0.717) is 35.1 Å². The molecule has 2 heterocycles. The Kier molecular flexibility index (Phi) is 6.55. The maximum absolute atomic E-state index is 12.9. The van der Waals surface area contributed by atoms with Gasteiger partial charge in [-0.2, -0.15) is 0 Å². The number of nitrogens with zero attached hydrogens (tertiary/aromatic N) is 3. The first-order chi connectivity index (χ1) is 13.8. The van der Waals surface area contributed by atoms with Crippen molar-refractivity contribution in [2.24, 2.45) is 5.92 Å². The number of aromatic nitrogens is 1. The van der Waals surface area contributed by atoms with Gasteiger partial charge in [0, 0.05) is 32.2 Å². The summed E-state index contributed by atoms with van der Waals surface area (Å²) < 4.78 is 0. The van der Waals surface area contributed by atoms with Crippen molar-refractivity contribution < 1.29 is 14.7 Å². The lowest BCUT2D eigenvalue weighted by atomic mass is 9.87. The van der Waals surface area contributed by atoms with Crippen molar-refractivity contribution in [2.75, 3.05) is 27.2 Å². The van der Waals surface area contributed by atoms with Gasteiger partial charge in [-0.15, -0.1) is 0 Å². The summed E-state index contributed by atoms with van der Waals surface area (Å²) in [6, 6.07) is 10.5. The molecule has 1 fully saturated rings. The minimum Gasteiger partial charge on any atom is -0.388 e. The number of pyridine rings is 1. The van der Waals surface area contributed by atoms with E-state index in [-0.39, 0.29) is 17.7 Å². The van der Waals surface area contributed by atoms with Gasteiger partial charge in [0.15, 0.2) is 0 Å². The van der Waals surface area contributed by atoms with Gasteiger partial charge in [0.1, 0.15) is 5.69 Å². The molecule has 3 rings (SSSR count).